The summed E-state index contributed by atoms with van der Waals surface area (Å²) in [5.74, 6) is 0.746. The lowest BCUT2D eigenvalue weighted by atomic mass is 10.2. The van der Waals surface area contributed by atoms with E-state index in [4.69, 9.17) is 0 Å². The summed E-state index contributed by atoms with van der Waals surface area (Å²) in [7, 11) is 0. The Labute approximate surface area is 127 Å². The average molecular weight is 297 g/mol. The first-order chi connectivity index (χ1) is 10.4. The van der Waals surface area contributed by atoms with Gasteiger partial charge in [-0.1, -0.05) is 12.1 Å². The number of nitrogens with zero attached hydrogens (tertiary/aromatic N) is 4. The van der Waals surface area contributed by atoms with E-state index in [0.29, 0.717) is 0 Å². The largest absolute Gasteiger partial charge is 0.378 e. The second-order valence-corrected chi connectivity index (χ2v) is 5.30. The Morgan fingerprint density at radius 3 is 2.76 bits per heavy atom. The molecule has 0 saturated carbocycles. The van der Waals surface area contributed by atoms with E-state index in [1.165, 1.54) is 16.8 Å². The molecule has 0 saturated heterocycles. The summed E-state index contributed by atoms with van der Waals surface area (Å²) < 4.78 is 1.65. The van der Waals surface area contributed by atoms with Crippen LogP contribution in [0.4, 0.5) is 5.69 Å². The Morgan fingerprint density at radius 2 is 2.05 bits per heavy atom. The summed E-state index contributed by atoms with van der Waals surface area (Å²) in [6, 6.07) is 12.4. The van der Waals surface area contributed by atoms with Gasteiger partial charge in [-0.3, -0.25) is 0 Å². The van der Waals surface area contributed by atoms with Crippen LogP contribution in [0.2, 0.25) is 0 Å². The zero-order chi connectivity index (χ0) is 14.5. The molecule has 0 spiro atoms. The van der Waals surface area contributed by atoms with Gasteiger partial charge in [0.05, 0.1) is 5.69 Å². The number of rotatable bonds is 5. The Bertz CT molecular complexity index is 694. The van der Waals surface area contributed by atoms with E-state index in [9.17, 15) is 0 Å². The highest BCUT2D eigenvalue weighted by Crippen LogP contribution is 2.18. The SMILES string of the molecule is CSc1ccc(CNc2cccnc2-n2cncn2)cc1. The fraction of sp³-hybridized carbons (Fsp3) is 0.133. The fourth-order valence-corrected chi connectivity index (χ4v) is 2.38. The van der Waals surface area contributed by atoms with Crippen LogP contribution in [0.5, 0.6) is 0 Å². The molecule has 0 radical (unpaired) electrons. The van der Waals surface area contributed by atoms with Crippen molar-refractivity contribution in [3.63, 3.8) is 0 Å². The van der Waals surface area contributed by atoms with Gasteiger partial charge in [0.25, 0.3) is 0 Å². The molecular weight excluding hydrogens is 282 g/mol. The molecular formula is C15H15N5S. The van der Waals surface area contributed by atoms with E-state index in [0.717, 1.165) is 18.1 Å². The van der Waals surface area contributed by atoms with E-state index in [2.05, 4.69) is 50.9 Å². The van der Waals surface area contributed by atoms with Gasteiger partial charge in [0.15, 0.2) is 5.82 Å². The zero-order valence-corrected chi connectivity index (χ0v) is 12.4. The molecule has 3 rings (SSSR count). The number of anilines is 1. The summed E-state index contributed by atoms with van der Waals surface area (Å²) >= 11 is 1.74. The Hall–Kier alpha value is -2.34. The summed E-state index contributed by atoms with van der Waals surface area (Å²) in [5, 5.41) is 7.52. The van der Waals surface area contributed by atoms with Crippen LogP contribution in [-0.2, 0) is 6.54 Å². The predicted octanol–water partition coefficient (Wildman–Crippen LogP) is 3.00. The maximum absolute atomic E-state index is 4.36. The van der Waals surface area contributed by atoms with Crippen molar-refractivity contribution in [2.45, 2.75) is 11.4 Å². The fourth-order valence-electron chi connectivity index (χ4n) is 1.98. The standard InChI is InChI=1S/C15H15N5S/c1-21-13-6-4-12(5-7-13)9-18-14-3-2-8-17-15(14)20-11-16-10-19-20/h2-8,10-11,18H,9H2,1H3. The van der Waals surface area contributed by atoms with Crippen molar-refractivity contribution in [3.05, 3.63) is 60.8 Å². The van der Waals surface area contributed by atoms with Crippen LogP contribution in [0.15, 0.2) is 60.1 Å². The number of thioether (sulfide) groups is 1. The van der Waals surface area contributed by atoms with Crippen LogP contribution >= 0.6 is 11.8 Å². The maximum atomic E-state index is 4.36. The molecule has 6 heteroatoms. The molecule has 0 bridgehead atoms. The van der Waals surface area contributed by atoms with Gasteiger partial charge < -0.3 is 5.32 Å². The molecule has 5 nitrogen and oxygen atoms in total. The van der Waals surface area contributed by atoms with Gasteiger partial charge in [0, 0.05) is 17.6 Å². The van der Waals surface area contributed by atoms with Gasteiger partial charge in [-0.05, 0) is 36.1 Å². The van der Waals surface area contributed by atoms with Gasteiger partial charge in [-0.25, -0.2) is 14.6 Å². The quantitative estimate of drug-likeness (QED) is 0.734. The smallest absolute Gasteiger partial charge is 0.178 e. The molecule has 21 heavy (non-hydrogen) atoms. The minimum Gasteiger partial charge on any atom is -0.378 e. The zero-order valence-electron chi connectivity index (χ0n) is 11.6. The van der Waals surface area contributed by atoms with E-state index < -0.39 is 0 Å². The summed E-state index contributed by atoms with van der Waals surface area (Å²) in [4.78, 5) is 9.58. The van der Waals surface area contributed by atoms with Crippen LogP contribution in [0.25, 0.3) is 5.82 Å². The average Bonchev–Trinajstić information content (AvgIpc) is 3.08. The molecule has 0 unspecified atom stereocenters. The molecule has 0 atom stereocenters. The number of benzene rings is 1. The monoisotopic (exact) mass is 297 g/mol. The molecule has 0 aliphatic rings. The van der Waals surface area contributed by atoms with E-state index in [-0.39, 0.29) is 0 Å². The molecule has 0 aliphatic carbocycles. The highest BCUT2D eigenvalue weighted by Gasteiger charge is 2.05. The third-order valence-electron chi connectivity index (χ3n) is 3.06. The van der Waals surface area contributed by atoms with Crippen LogP contribution in [0, 0.1) is 0 Å². The van der Waals surface area contributed by atoms with Gasteiger partial charge in [0.2, 0.25) is 0 Å². The van der Waals surface area contributed by atoms with Crippen LogP contribution in [-0.4, -0.2) is 26.0 Å². The molecule has 0 fully saturated rings. The number of nitrogens with one attached hydrogen (secondary N) is 1. The molecule has 1 aromatic carbocycles. The lowest BCUT2D eigenvalue weighted by Crippen LogP contribution is -2.06. The summed E-state index contributed by atoms with van der Waals surface area (Å²) in [5.41, 5.74) is 2.15. The lowest BCUT2D eigenvalue weighted by molar-refractivity contribution is 0.844. The minimum atomic E-state index is 0.738. The first kappa shape index (κ1) is 13.6. The Balaban J connectivity index is 1.76. The van der Waals surface area contributed by atoms with Gasteiger partial charge >= 0.3 is 0 Å². The van der Waals surface area contributed by atoms with Crippen molar-refractivity contribution in [2.75, 3.05) is 11.6 Å². The highest BCUT2D eigenvalue weighted by molar-refractivity contribution is 7.98. The molecule has 106 valence electrons. The van der Waals surface area contributed by atoms with Crippen molar-refractivity contribution < 1.29 is 0 Å². The van der Waals surface area contributed by atoms with Crippen LogP contribution in [0.1, 0.15) is 5.56 Å². The van der Waals surface area contributed by atoms with E-state index in [1.807, 2.05) is 12.1 Å². The number of aromatic nitrogens is 4. The van der Waals surface area contributed by atoms with Gasteiger partial charge in [-0.15, -0.1) is 11.8 Å². The maximum Gasteiger partial charge on any atom is 0.178 e. The number of hydrogen-bond acceptors (Lipinski definition) is 5. The molecule has 0 aliphatic heterocycles. The van der Waals surface area contributed by atoms with Crippen LogP contribution in [0.3, 0.4) is 0 Å². The van der Waals surface area contributed by atoms with E-state index in [1.54, 1.807) is 29.0 Å². The first-order valence-electron chi connectivity index (χ1n) is 6.53. The third kappa shape index (κ3) is 3.22. The highest BCUT2D eigenvalue weighted by atomic mass is 32.2. The van der Waals surface area contributed by atoms with Gasteiger partial charge in [0.1, 0.15) is 12.7 Å². The lowest BCUT2D eigenvalue weighted by Gasteiger charge is -2.10. The van der Waals surface area contributed by atoms with Crippen molar-refractivity contribution in [1.29, 1.82) is 0 Å². The molecule has 1 N–H and O–H groups in total. The molecule has 3 aromatic rings. The molecule has 2 heterocycles. The second-order valence-electron chi connectivity index (χ2n) is 4.42. The van der Waals surface area contributed by atoms with Crippen molar-refractivity contribution in [1.82, 2.24) is 19.7 Å². The Morgan fingerprint density at radius 1 is 1.19 bits per heavy atom. The topological polar surface area (TPSA) is 55.6 Å². The van der Waals surface area contributed by atoms with Crippen molar-refractivity contribution in [3.8, 4) is 5.82 Å². The van der Waals surface area contributed by atoms with Crippen molar-refractivity contribution in [2.24, 2.45) is 0 Å². The first-order valence-corrected chi connectivity index (χ1v) is 7.76. The molecule has 2 aromatic heterocycles. The predicted molar refractivity (Wildman–Crippen MR) is 84.7 cm³/mol. The summed E-state index contributed by atoms with van der Waals surface area (Å²) in [6.45, 7) is 0.738. The minimum absolute atomic E-state index is 0.738. The third-order valence-corrected chi connectivity index (χ3v) is 3.81. The van der Waals surface area contributed by atoms with E-state index >= 15 is 0 Å². The van der Waals surface area contributed by atoms with Crippen LogP contribution < -0.4 is 5.32 Å². The van der Waals surface area contributed by atoms with Crippen molar-refractivity contribution >= 4 is 17.4 Å². The summed E-state index contributed by atoms with van der Waals surface area (Å²) in [6.07, 6.45) is 6.96. The number of pyridine rings is 1. The molecule has 0 amide bonds. The second kappa shape index (κ2) is 6.41. The van der Waals surface area contributed by atoms with Gasteiger partial charge in [-0.2, -0.15) is 5.10 Å². The number of hydrogen-bond donors (Lipinski definition) is 1. The normalized spacial score (nSPS) is 10.5. The Kier molecular flexibility index (Phi) is 4.16.